The van der Waals surface area contributed by atoms with Gasteiger partial charge in [0, 0.05) is 16.5 Å². The number of hydrogen-bond acceptors (Lipinski definition) is 4. The normalized spacial score (nSPS) is 31.6. The Morgan fingerprint density at radius 2 is 2.44 bits per heavy atom. The van der Waals surface area contributed by atoms with Crippen molar-refractivity contribution < 1.29 is 9.84 Å². The molecule has 0 saturated carbocycles. The van der Waals surface area contributed by atoms with Crippen LogP contribution in [0.25, 0.3) is 0 Å². The van der Waals surface area contributed by atoms with Crippen LogP contribution in [-0.4, -0.2) is 24.3 Å². The molecule has 5 heteroatoms. The maximum Gasteiger partial charge on any atom is 0.105 e. The first-order chi connectivity index (χ1) is 8.66. The minimum atomic E-state index is -0.167. The van der Waals surface area contributed by atoms with Gasteiger partial charge in [0.15, 0.2) is 0 Å². The van der Waals surface area contributed by atoms with Crippen molar-refractivity contribution in [3.63, 3.8) is 0 Å². The van der Waals surface area contributed by atoms with E-state index < -0.39 is 0 Å². The second-order valence-corrected chi connectivity index (χ2v) is 6.84. The van der Waals surface area contributed by atoms with Crippen molar-refractivity contribution in [3.8, 4) is 0 Å². The summed E-state index contributed by atoms with van der Waals surface area (Å²) in [5.41, 5.74) is 2.00. The lowest BCUT2D eigenvalue weighted by Gasteiger charge is -2.43. The Morgan fingerprint density at radius 3 is 3.17 bits per heavy atom. The molecule has 3 heterocycles. The van der Waals surface area contributed by atoms with Crippen LogP contribution in [0.5, 0.6) is 0 Å². The monoisotopic (exact) mass is 287 g/mol. The second-order valence-electron chi connectivity index (χ2n) is 5.22. The van der Waals surface area contributed by atoms with Crippen molar-refractivity contribution >= 4 is 22.9 Å². The molecular formula is C13H18ClNO2S. The van der Waals surface area contributed by atoms with Gasteiger partial charge in [-0.2, -0.15) is 0 Å². The Hall–Kier alpha value is -0.130. The molecule has 2 N–H and O–H groups in total. The van der Waals surface area contributed by atoms with Crippen LogP contribution in [-0.2, 0) is 23.4 Å². The number of ether oxygens (including phenoxy) is 1. The third-order valence-corrected chi connectivity index (χ3v) is 5.73. The Labute approximate surface area is 116 Å². The molecule has 3 nitrogen and oxygen atoms in total. The lowest BCUT2D eigenvalue weighted by atomic mass is 9.82. The number of fused-ring (bicyclic) bond motifs is 2. The van der Waals surface area contributed by atoms with Crippen LogP contribution < -0.4 is 5.32 Å². The van der Waals surface area contributed by atoms with Gasteiger partial charge in [-0.25, -0.2) is 0 Å². The average molecular weight is 288 g/mol. The standard InChI is InChI=1S/C13H18ClNO2S/c1-8-6-13(3-4-15-8)11-9(2-5-17-13)10(7-16)12(14)18-11/h8,15-16H,2-7H2,1H3/t8-,13?/m0/s1. The molecule has 1 aromatic heterocycles. The molecule has 1 fully saturated rings. The van der Waals surface area contributed by atoms with Gasteiger partial charge in [-0.05, 0) is 38.3 Å². The Morgan fingerprint density at radius 1 is 1.61 bits per heavy atom. The summed E-state index contributed by atoms with van der Waals surface area (Å²) in [5.74, 6) is 0. The molecule has 2 aliphatic rings. The van der Waals surface area contributed by atoms with Gasteiger partial charge < -0.3 is 15.2 Å². The van der Waals surface area contributed by atoms with E-state index in [0.717, 1.165) is 42.3 Å². The van der Waals surface area contributed by atoms with Crippen molar-refractivity contribution in [1.82, 2.24) is 5.32 Å². The number of aliphatic hydroxyl groups is 1. The fraction of sp³-hybridized carbons (Fsp3) is 0.692. The topological polar surface area (TPSA) is 41.5 Å². The summed E-state index contributed by atoms with van der Waals surface area (Å²) in [6.45, 7) is 3.94. The Kier molecular flexibility index (Phi) is 3.41. The third-order valence-electron chi connectivity index (χ3n) is 4.03. The molecule has 2 aliphatic heterocycles. The summed E-state index contributed by atoms with van der Waals surface area (Å²) in [7, 11) is 0. The van der Waals surface area contributed by atoms with Crippen molar-refractivity contribution in [2.24, 2.45) is 0 Å². The minimum absolute atomic E-state index is 0.0363. The summed E-state index contributed by atoms with van der Waals surface area (Å²) in [6, 6.07) is 0.461. The molecule has 1 aromatic rings. The van der Waals surface area contributed by atoms with Gasteiger partial charge in [-0.3, -0.25) is 0 Å². The zero-order chi connectivity index (χ0) is 12.8. The number of nitrogens with one attached hydrogen (secondary N) is 1. The van der Waals surface area contributed by atoms with Crippen LogP contribution in [0.2, 0.25) is 4.34 Å². The van der Waals surface area contributed by atoms with E-state index in [4.69, 9.17) is 16.3 Å². The van der Waals surface area contributed by atoms with Gasteiger partial charge in [-0.1, -0.05) is 11.6 Å². The quantitative estimate of drug-likeness (QED) is 0.834. The highest BCUT2D eigenvalue weighted by molar-refractivity contribution is 7.16. The van der Waals surface area contributed by atoms with Crippen LogP contribution in [0.1, 0.15) is 35.8 Å². The summed E-state index contributed by atoms with van der Waals surface area (Å²) >= 11 is 7.86. The van der Waals surface area contributed by atoms with Gasteiger partial charge in [0.05, 0.1) is 17.6 Å². The highest BCUT2D eigenvalue weighted by atomic mass is 35.5. The summed E-state index contributed by atoms with van der Waals surface area (Å²) in [6.07, 6.45) is 2.85. The van der Waals surface area contributed by atoms with E-state index >= 15 is 0 Å². The van der Waals surface area contributed by atoms with Crippen LogP contribution in [0.4, 0.5) is 0 Å². The van der Waals surface area contributed by atoms with Crippen molar-refractivity contribution in [2.75, 3.05) is 13.2 Å². The average Bonchev–Trinajstić information content (AvgIpc) is 2.67. The van der Waals surface area contributed by atoms with Crippen LogP contribution in [0.3, 0.4) is 0 Å². The number of piperidine rings is 1. The van der Waals surface area contributed by atoms with Crippen LogP contribution >= 0.6 is 22.9 Å². The molecule has 0 aromatic carbocycles. The first-order valence-corrected chi connectivity index (χ1v) is 7.64. The number of halogens is 1. The van der Waals surface area contributed by atoms with Gasteiger partial charge in [0.25, 0.3) is 0 Å². The van der Waals surface area contributed by atoms with E-state index in [2.05, 4.69) is 12.2 Å². The molecule has 1 spiro atoms. The third kappa shape index (κ3) is 1.91. The van der Waals surface area contributed by atoms with Gasteiger partial charge in [0.1, 0.15) is 5.60 Å². The lowest BCUT2D eigenvalue weighted by Crippen LogP contribution is -2.48. The van der Waals surface area contributed by atoms with Crippen LogP contribution in [0, 0.1) is 0 Å². The van der Waals surface area contributed by atoms with Gasteiger partial charge in [-0.15, -0.1) is 11.3 Å². The molecule has 1 unspecified atom stereocenters. The molecule has 100 valence electrons. The molecule has 1 saturated heterocycles. The Bertz CT molecular complexity index is 462. The molecule has 18 heavy (non-hydrogen) atoms. The molecule has 2 atom stereocenters. The summed E-state index contributed by atoms with van der Waals surface area (Å²) in [4.78, 5) is 1.26. The summed E-state index contributed by atoms with van der Waals surface area (Å²) in [5, 5.41) is 12.9. The van der Waals surface area contributed by atoms with Gasteiger partial charge >= 0.3 is 0 Å². The molecule has 0 bridgehead atoms. The molecule has 0 amide bonds. The molecule has 0 radical (unpaired) electrons. The SMILES string of the molecule is C[C@H]1CC2(CCN1)OCCc1c2sc(Cl)c1CO. The first-order valence-electron chi connectivity index (χ1n) is 6.45. The zero-order valence-corrected chi connectivity index (χ0v) is 12.0. The van der Waals surface area contributed by atoms with E-state index in [9.17, 15) is 5.11 Å². The minimum Gasteiger partial charge on any atom is -0.392 e. The predicted octanol–water partition coefficient (Wildman–Crippen LogP) is 2.43. The fourth-order valence-corrected chi connectivity index (χ4v) is 4.87. The largest absolute Gasteiger partial charge is 0.392 e. The lowest BCUT2D eigenvalue weighted by molar-refractivity contribution is -0.0851. The number of hydrogen-bond donors (Lipinski definition) is 2. The second kappa shape index (κ2) is 4.76. The van der Waals surface area contributed by atoms with E-state index in [1.165, 1.54) is 10.4 Å². The Balaban J connectivity index is 2.06. The first kappa shape index (κ1) is 12.9. The molecular weight excluding hydrogens is 270 g/mol. The fourth-order valence-electron chi connectivity index (χ4n) is 3.20. The van der Waals surface area contributed by atoms with Crippen molar-refractivity contribution in [2.45, 2.75) is 44.4 Å². The maximum atomic E-state index is 9.47. The van der Waals surface area contributed by atoms with Crippen molar-refractivity contribution in [1.29, 1.82) is 0 Å². The van der Waals surface area contributed by atoms with E-state index in [1.807, 2.05) is 0 Å². The zero-order valence-electron chi connectivity index (χ0n) is 10.5. The highest BCUT2D eigenvalue weighted by Crippen LogP contribution is 2.48. The van der Waals surface area contributed by atoms with Crippen molar-refractivity contribution in [3.05, 3.63) is 20.3 Å². The van der Waals surface area contributed by atoms with E-state index in [-0.39, 0.29) is 12.2 Å². The van der Waals surface area contributed by atoms with Crippen LogP contribution in [0.15, 0.2) is 0 Å². The number of thiophene rings is 1. The van der Waals surface area contributed by atoms with Gasteiger partial charge in [0.2, 0.25) is 0 Å². The van der Waals surface area contributed by atoms with E-state index in [0.29, 0.717) is 6.04 Å². The number of aliphatic hydroxyl groups excluding tert-OH is 1. The smallest absolute Gasteiger partial charge is 0.105 e. The molecule has 3 rings (SSSR count). The number of rotatable bonds is 1. The predicted molar refractivity (Wildman–Crippen MR) is 73.3 cm³/mol. The molecule has 0 aliphatic carbocycles. The highest BCUT2D eigenvalue weighted by Gasteiger charge is 2.43. The van der Waals surface area contributed by atoms with E-state index in [1.54, 1.807) is 11.3 Å². The maximum absolute atomic E-state index is 9.47. The summed E-state index contributed by atoms with van der Waals surface area (Å²) < 4.78 is 6.88.